The Kier molecular flexibility index (Phi) is 5.89. The van der Waals surface area contributed by atoms with Gasteiger partial charge in [-0.2, -0.15) is 0 Å². The van der Waals surface area contributed by atoms with Crippen LogP contribution in [-0.4, -0.2) is 28.2 Å². The molecular formula is C13H19N3O5. The molecule has 0 saturated heterocycles. The molecule has 0 aliphatic carbocycles. The summed E-state index contributed by atoms with van der Waals surface area (Å²) in [5.41, 5.74) is 1.44. The maximum Gasteiger partial charge on any atom is 0.321 e. The third-order valence-electron chi connectivity index (χ3n) is 2.92. The average Bonchev–Trinajstić information content (AvgIpc) is 2.65. The van der Waals surface area contributed by atoms with Gasteiger partial charge in [-0.1, -0.05) is 12.1 Å². The lowest BCUT2D eigenvalue weighted by Gasteiger charge is -2.09. The van der Waals surface area contributed by atoms with E-state index >= 15 is 0 Å². The number of urea groups is 1. The van der Waals surface area contributed by atoms with Crippen LogP contribution in [0.2, 0.25) is 0 Å². The van der Waals surface area contributed by atoms with Crippen LogP contribution in [0.3, 0.4) is 0 Å². The van der Waals surface area contributed by atoms with Crippen molar-refractivity contribution in [3.8, 4) is 0 Å². The van der Waals surface area contributed by atoms with Gasteiger partial charge in [0.05, 0.1) is 5.69 Å². The molecule has 0 aliphatic rings. The molecule has 0 fully saturated rings. The van der Waals surface area contributed by atoms with Crippen molar-refractivity contribution in [1.29, 1.82) is 0 Å². The second-order valence-corrected chi connectivity index (χ2v) is 4.94. The lowest BCUT2D eigenvalue weighted by molar-refractivity contribution is -0.138. The Morgan fingerprint density at radius 2 is 1.95 bits per heavy atom. The van der Waals surface area contributed by atoms with Crippen molar-refractivity contribution in [2.75, 3.05) is 0 Å². The van der Waals surface area contributed by atoms with Gasteiger partial charge in [-0.15, -0.1) is 0 Å². The average molecular weight is 297 g/mol. The molecule has 1 aromatic heterocycles. The Balaban J connectivity index is 2.37. The molecule has 1 aromatic rings. The first kappa shape index (κ1) is 16.7. The van der Waals surface area contributed by atoms with E-state index in [-0.39, 0.29) is 25.3 Å². The number of carboxylic acids is 1. The number of hydrogen-bond donors (Lipinski definition) is 3. The topological polar surface area (TPSA) is 122 Å². The van der Waals surface area contributed by atoms with Crippen molar-refractivity contribution in [3.63, 3.8) is 0 Å². The first-order chi connectivity index (χ1) is 9.79. The molecule has 0 aliphatic heterocycles. The maximum absolute atomic E-state index is 11.6. The van der Waals surface area contributed by atoms with Gasteiger partial charge in [0.15, 0.2) is 0 Å². The first-order valence-corrected chi connectivity index (χ1v) is 6.50. The molecular weight excluding hydrogens is 278 g/mol. The monoisotopic (exact) mass is 297 g/mol. The number of aliphatic carboxylic acids is 1. The van der Waals surface area contributed by atoms with Crippen molar-refractivity contribution in [1.82, 2.24) is 15.8 Å². The Morgan fingerprint density at radius 3 is 2.48 bits per heavy atom. The van der Waals surface area contributed by atoms with E-state index in [4.69, 9.17) is 9.63 Å². The summed E-state index contributed by atoms with van der Waals surface area (Å²) in [5.74, 6) is -1.22. The lowest BCUT2D eigenvalue weighted by atomic mass is 10.0. The molecule has 3 N–H and O–H groups in total. The van der Waals surface area contributed by atoms with Crippen molar-refractivity contribution in [2.24, 2.45) is 5.92 Å². The SMILES string of the molecule is Cc1noc(C)c1CNC(=O)NC(=O)CC(C)CC(=O)O. The van der Waals surface area contributed by atoms with E-state index in [0.717, 1.165) is 5.56 Å². The highest BCUT2D eigenvalue weighted by Crippen LogP contribution is 2.11. The molecule has 3 amide bonds. The molecule has 1 rings (SSSR count). The van der Waals surface area contributed by atoms with Crippen molar-refractivity contribution in [2.45, 2.75) is 40.2 Å². The minimum Gasteiger partial charge on any atom is -0.481 e. The normalized spacial score (nSPS) is 11.8. The fourth-order valence-electron chi connectivity index (χ4n) is 1.83. The number of nitrogens with zero attached hydrogens (tertiary/aromatic N) is 1. The second-order valence-electron chi connectivity index (χ2n) is 4.94. The summed E-state index contributed by atoms with van der Waals surface area (Å²) in [6.45, 7) is 5.32. The van der Waals surface area contributed by atoms with Crippen LogP contribution >= 0.6 is 0 Å². The van der Waals surface area contributed by atoms with Crippen LogP contribution in [0, 0.1) is 19.8 Å². The van der Waals surface area contributed by atoms with Crippen LogP contribution in [-0.2, 0) is 16.1 Å². The number of imide groups is 1. The highest BCUT2D eigenvalue weighted by molar-refractivity contribution is 5.94. The van der Waals surface area contributed by atoms with Crippen molar-refractivity contribution >= 4 is 17.9 Å². The number of carbonyl (C=O) groups is 3. The molecule has 1 atom stereocenters. The molecule has 0 spiro atoms. The van der Waals surface area contributed by atoms with Gasteiger partial charge in [0.2, 0.25) is 5.91 Å². The van der Waals surface area contributed by atoms with Gasteiger partial charge in [0, 0.05) is 24.9 Å². The summed E-state index contributed by atoms with van der Waals surface area (Å²) in [6.07, 6.45) is -0.140. The van der Waals surface area contributed by atoms with E-state index in [1.54, 1.807) is 20.8 Å². The summed E-state index contributed by atoms with van der Waals surface area (Å²) in [7, 11) is 0. The highest BCUT2D eigenvalue weighted by Gasteiger charge is 2.15. The van der Waals surface area contributed by atoms with Crippen LogP contribution in [0.5, 0.6) is 0 Å². The smallest absolute Gasteiger partial charge is 0.321 e. The first-order valence-electron chi connectivity index (χ1n) is 6.50. The molecule has 0 aromatic carbocycles. The molecule has 0 radical (unpaired) electrons. The molecule has 116 valence electrons. The van der Waals surface area contributed by atoms with Crippen molar-refractivity contribution in [3.05, 3.63) is 17.0 Å². The summed E-state index contributed by atoms with van der Waals surface area (Å²) in [6, 6.07) is -0.637. The van der Waals surface area contributed by atoms with Crippen LogP contribution in [0.1, 0.15) is 36.8 Å². The van der Waals surface area contributed by atoms with Gasteiger partial charge in [-0.3, -0.25) is 14.9 Å². The fourth-order valence-corrected chi connectivity index (χ4v) is 1.83. The maximum atomic E-state index is 11.6. The number of amides is 3. The van der Waals surface area contributed by atoms with Gasteiger partial charge < -0.3 is 14.9 Å². The largest absolute Gasteiger partial charge is 0.481 e. The third-order valence-corrected chi connectivity index (χ3v) is 2.92. The minimum absolute atomic E-state index is 0.0228. The predicted molar refractivity (Wildman–Crippen MR) is 72.4 cm³/mol. The van der Waals surface area contributed by atoms with Crippen molar-refractivity contribution < 1.29 is 24.0 Å². The van der Waals surface area contributed by atoms with E-state index in [1.807, 2.05) is 0 Å². The van der Waals surface area contributed by atoms with E-state index in [9.17, 15) is 14.4 Å². The van der Waals surface area contributed by atoms with Crippen LogP contribution < -0.4 is 10.6 Å². The number of nitrogens with one attached hydrogen (secondary N) is 2. The Bertz CT molecular complexity index is 518. The molecule has 1 unspecified atom stereocenters. The van der Waals surface area contributed by atoms with Crippen LogP contribution in [0.25, 0.3) is 0 Å². The van der Waals surface area contributed by atoms with E-state index in [1.165, 1.54) is 0 Å². The number of aryl methyl sites for hydroxylation is 2. The Morgan fingerprint density at radius 1 is 1.29 bits per heavy atom. The van der Waals surface area contributed by atoms with E-state index < -0.39 is 17.9 Å². The number of carbonyl (C=O) groups excluding carboxylic acids is 2. The number of rotatable bonds is 6. The van der Waals surface area contributed by atoms with E-state index in [2.05, 4.69) is 15.8 Å². The zero-order valence-corrected chi connectivity index (χ0v) is 12.2. The Labute approximate surface area is 121 Å². The fraction of sp³-hybridized carbons (Fsp3) is 0.538. The van der Waals surface area contributed by atoms with Gasteiger partial charge in [-0.05, 0) is 19.8 Å². The summed E-state index contributed by atoms with van der Waals surface area (Å²) >= 11 is 0. The quantitative estimate of drug-likeness (QED) is 0.723. The van der Waals surface area contributed by atoms with Crippen LogP contribution in [0.15, 0.2) is 4.52 Å². The van der Waals surface area contributed by atoms with Gasteiger partial charge >= 0.3 is 12.0 Å². The summed E-state index contributed by atoms with van der Waals surface area (Å²) in [4.78, 5) is 33.6. The predicted octanol–water partition coefficient (Wildman–Crippen LogP) is 1.12. The molecule has 8 nitrogen and oxygen atoms in total. The minimum atomic E-state index is -0.974. The summed E-state index contributed by atoms with van der Waals surface area (Å²) in [5, 5.41) is 17.0. The molecule has 0 bridgehead atoms. The van der Waals surface area contributed by atoms with Gasteiger partial charge in [0.1, 0.15) is 5.76 Å². The van der Waals surface area contributed by atoms with Gasteiger partial charge in [-0.25, -0.2) is 4.79 Å². The molecule has 8 heteroatoms. The zero-order chi connectivity index (χ0) is 16.0. The van der Waals surface area contributed by atoms with Crippen LogP contribution in [0.4, 0.5) is 4.79 Å². The molecule has 21 heavy (non-hydrogen) atoms. The Hall–Kier alpha value is -2.38. The number of aromatic nitrogens is 1. The third kappa shape index (κ3) is 5.64. The number of hydrogen-bond acceptors (Lipinski definition) is 5. The molecule has 0 saturated carbocycles. The molecule has 1 heterocycles. The standard InChI is InChI=1S/C13H19N3O5/c1-7(5-12(18)19)4-11(17)15-13(20)14-6-10-8(2)16-21-9(10)3/h7H,4-6H2,1-3H3,(H,18,19)(H2,14,15,17,20). The number of carboxylic acid groups (broad SMARTS) is 1. The second kappa shape index (κ2) is 7.41. The highest BCUT2D eigenvalue weighted by atomic mass is 16.5. The van der Waals surface area contributed by atoms with Gasteiger partial charge in [0.25, 0.3) is 0 Å². The lowest BCUT2D eigenvalue weighted by Crippen LogP contribution is -2.39. The summed E-state index contributed by atoms with van der Waals surface area (Å²) < 4.78 is 4.95. The van der Waals surface area contributed by atoms with E-state index in [0.29, 0.717) is 11.5 Å². The zero-order valence-electron chi connectivity index (χ0n) is 12.2.